The number of carbonyl (C=O) groups excluding carboxylic acids is 2. The fraction of sp³-hybridized carbons (Fsp3) is 0.692. The van der Waals surface area contributed by atoms with Crippen LogP contribution in [-0.4, -0.2) is 52.6 Å². The van der Waals surface area contributed by atoms with Crippen LogP contribution in [0.2, 0.25) is 0 Å². The van der Waals surface area contributed by atoms with Crippen molar-refractivity contribution in [2.24, 2.45) is 11.8 Å². The van der Waals surface area contributed by atoms with Gasteiger partial charge in [0.1, 0.15) is 11.2 Å². The van der Waals surface area contributed by atoms with Gasteiger partial charge in [0.05, 0.1) is 16.8 Å². The first kappa shape index (κ1) is 25.8. The van der Waals surface area contributed by atoms with Gasteiger partial charge in [-0.25, -0.2) is 0 Å². The molecule has 2 aromatic heterocycles. The Morgan fingerprint density at radius 1 is 1.30 bits per heavy atom. The first-order valence-corrected chi connectivity index (χ1v) is 13.5. The van der Waals surface area contributed by atoms with Crippen LogP contribution in [0.3, 0.4) is 0 Å². The normalized spacial score (nSPS) is 27.2. The number of carbonyl (C=O) groups is 2. The van der Waals surface area contributed by atoms with Crippen molar-refractivity contribution < 1.29 is 14.3 Å². The molecule has 1 aliphatic heterocycles. The molecule has 2 amide bonds. The molecule has 2 aromatic rings. The number of ether oxygens (including phenoxy) is 1. The highest BCUT2D eigenvalue weighted by Crippen LogP contribution is 2.35. The van der Waals surface area contributed by atoms with Gasteiger partial charge in [0.2, 0.25) is 5.91 Å². The third-order valence-corrected chi connectivity index (χ3v) is 8.29. The van der Waals surface area contributed by atoms with E-state index in [1.807, 2.05) is 49.8 Å². The molecular formula is C26H41N3O3S. The molecule has 1 aliphatic carbocycles. The largest absolute Gasteiger partial charge is 0.382 e. The second-order valence-electron chi connectivity index (χ2n) is 9.41. The fourth-order valence-corrected chi connectivity index (χ4v) is 6.02. The molecule has 1 saturated carbocycles. The number of amides is 2. The zero-order valence-electron chi connectivity index (χ0n) is 21.1. The molecule has 0 radical (unpaired) electrons. The second-order valence-corrected chi connectivity index (χ2v) is 10.4. The summed E-state index contributed by atoms with van der Waals surface area (Å²) in [5.74, 6) is 0.945. The summed E-state index contributed by atoms with van der Waals surface area (Å²) in [6, 6.07) is 4.19. The first-order chi connectivity index (χ1) is 15.9. The number of nitrogens with one attached hydrogen (secondary N) is 1. The van der Waals surface area contributed by atoms with Gasteiger partial charge in [-0.15, -0.1) is 11.3 Å². The molecule has 1 N–H and O–H groups in total. The van der Waals surface area contributed by atoms with E-state index in [0.717, 1.165) is 23.1 Å². The van der Waals surface area contributed by atoms with Crippen LogP contribution in [-0.2, 0) is 16.1 Å². The molecule has 4 rings (SSSR count). The van der Waals surface area contributed by atoms with Crippen LogP contribution in [0.4, 0.5) is 0 Å². The van der Waals surface area contributed by atoms with Crippen LogP contribution < -0.4 is 5.32 Å². The summed E-state index contributed by atoms with van der Waals surface area (Å²) in [6.07, 6.45) is 4.08. The lowest BCUT2D eigenvalue weighted by atomic mass is 9.77. The molecule has 184 valence electrons. The number of fused-ring (bicyclic) bond motifs is 3. The van der Waals surface area contributed by atoms with E-state index < -0.39 is 5.54 Å². The number of hydrogen-bond donors (Lipinski definition) is 1. The van der Waals surface area contributed by atoms with Crippen LogP contribution in [0.25, 0.3) is 10.2 Å². The van der Waals surface area contributed by atoms with E-state index in [4.69, 9.17) is 4.74 Å². The summed E-state index contributed by atoms with van der Waals surface area (Å²) in [5.41, 5.74) is 0.800. The molecule has 0 aromatic carbocycles. The molecule has 4 atom stereocenters. The van der Waals surface area contributed by atoms with Crippen molar-refractivity contribution in [2.75, 3.05) is 19.8 Å². The van der Waals surface area contributed by atoms with Crippen LogP contribution in [0.5, 0.6) is 0 Å². The summed E-state index contributed by atoms with van der Waals surface area (Å²) < 4.78 is 8.63. The summed E-state index contributed by atoms with van der Waals surface area (Å²) in [5, 5.41) is 5.39. The molecule has 33 heavy (non-hydrogen) atoms. The minimum Gasteiger partial charge on any atom is -0.382 e. The predicted octanol–water partition coefficient (Wildman–Crippen LogP) is 5.31. The molecule has 0 spiro atoms. The third-order valence-electron chi connectivity index (χ3n) is 7.44. The number of nitrogens with zero attached hydrogens (tertiary/aromatic N) is 2. The van der Waals surface area contributed by atoms with Crippen molar-refractivity contribution in [2.45, 2.75) is 85.4 Å². The maximum Gasteiger partial charge on any atom is 0.271 e. The average molecular weight is 476 g/mol. The summed E-state index contributed by atoms with van der Waals surface area (Å²) >= 11 is 1.63. The van der Waals surface area contributed by atoms with Crippen molar-refractivity contribution >= 4 is 33.4 Å². The van der Waals surface area contributed by atoms with E-state index in [0.29, 0.717) is 50.3 Å². The van der Waals surface area contributed by atoms with E-state index in [1.54, 1.807) is 16.2 Å². The Bertz CT molecular complexity index is 952. The van der Waals surface area contributed by atoms with Gasteiger partial charge in [-0.2, -0.15) is 0 Å². The Morgan fingerprint density at radius 3 is 2.79 bits per heavy atom. The molecule has 2 aliphatic rings. The lowest BCUT2D eigenvalue weighted by Crippen LogP contribution is -2.65. The number of aromatic nitrogens is 1. The predicted molar refractivity (Wildman–Crippen MR) is 136 cm³/mol. The molecule has 0 bridgehead atoms. The standard InChI is InChI=1S/C24H35N3O3S.C2H6/c1-5-30-12-7-11-27-22(28)20-14-21-19(10-13-31-21)26(20)15-24(27,4)23(29)25-18-9-6-8-16(2)17(18)3;1-2/h10,13-14,16-18H,5-9,11-12,15H2,1-4H3,(H,25,29);1-2H3. The van der Waals surface area contributed by atoms with Gasteiger partial charge in [-0.3, -0.25) is 9.59 Å². The van der Waals surface area contributed by atoms with Gasteiger partial charge < -0.3 is 19.5 Å². The van der Waals surface area contributed by atoms with Gasteiger partial charge in [0, 0.05) is 25.8 Å². The molecule has 0 saturated heterocycles. The van der Waals surface area contributed by atoms with E-state index in [1.165, 1.54) is 6.42 Å². The van der Waals surface area contributed by atoms with Crippen molar-refractivity contribution in [1.29, 1.82) is 0 Å². The average Bonchev–Trinajstić information content (AvgIpc) is 3.40. The van der Waals surface area contributed by atoms with Gasteiger partial charge in [-0.05, 0) is 56.0 Å². The van der Waals surface area contributed by atoms with E-state index in [-0.39, 0.29) is 17.9 Å². The van der Waals surface area contributed by atoms with Crippen molar-refractivity contribution in [3.63, 3.8) is 0 Å². The van der Waals surface area contributed by atoms with Crippen LogP contribution >= 0.6 is 11.3 Å². The highest BCUT2D eigenvalue weighted by Gasteiger charge is 2.48. The third kappa shape index (κ3) is 4.99. The monoisotopic (exact) mass is 475 g/mol. The zero-order chi connectivity index (χ0) is 24.2. The van der Waals surface area contributed by atoms with Gasteiger partial charge in [0.15, 0.2) is 0 Å². The van der Waals surface area contributed by atoms with Crippen molar-refractivity contribution in [3.8, 4) is 0 Å². The SMILES string of the molecule is CC.CCOCCCN1C(=O)c2cc3sccc3n2CC1(C)C(=O)NC1CCCC(C)C1C. The van der Waals surface area contributed by atoms with Crippen molar-refractivity contribution in [3.05, 3.63) is 23.2 Å². The Morgan fingerprint density at radius 2 is 2.06 bits per heavy atom. The molecule has 6 nitrogen and oxygen atoms in total. The minimum atomic E-state index is -0.926. The summed E-state index contributed by atoms with van der Waals surface area (Å²) in [6.45, 7) is 14.6. The van der Waals surface area contributed by atoms with Crippen molar-refractivity contribution in [1.82, 2.24) is 14.8 Å². The Labute approximate surface area is 202 Å². The summed E-state index contributed by atoms with van der Waals surface area (Å²) in [7, 11) is 0. The molecule has 3 heterocycles. The number of hydrogen-bond acceptors (Lipinski definition) is 4. The Hall–Kier alpha value is -1.86. The van der Waals surface area contributed by atoms with E-state index >= 15 is 0 Å². The minimum absolute atomic E-state index is 0.0362. The molecule has 4 unspecified atom stereocenters. The Kier molecular flexibility index (Phi) is 8.62. The topological polar surface area (TPSA) is 63.6 Å². The van der Waals surface area contributed by atoms with Crippen LogP contribution in [0.15, 0.2) is 17.5 Å². The smallest absolute Gasteiger partial charge is 0.271 e. The first-order valence-electron chi connectivity index (χ1n) is 12.6. The van der Waals surface area contributed by atoms with Gasteiger partial charge in [0.25, 0.3) is 5.91 Å². The quantitative estimate of drug-likeness (QED) is 0.552. The number of thiophene rings is 1. The Balaban J connectivity index is 0.00000149. The maximum atomic E-state index is 13.7. The lowest BCUT2D eigenvalue weighted by molar-refractivity contribution is -0.134. The van der Waals surface area contributed by atoms with Gasteiger partial charge >= 0.3 is 0 Å². The molecular weight excluding hydrogens is 434 g/mol. The molecule has 1 fully saturated rings. The van der Waals surface area contributed by atoms with Crippen LogP contribution in [0, 0.1) is 11.8 Å². The lowest BCUT2D eigenvalue weighted by Gasteiger charge is -2.45. The number of rotatable bonds is 7. The van der Waals surface area contributed by atoms with Gasteiger partial charge in [-0.1, -0.05) is 40.5 Å². The molecule has 7 heteroatoms. The second kappa shape index (κ2) is 11.0. The fourth-order valence-electron chi connectivity index (χ4n) is 5.20. The highest BCUT2D eigenvalue weighted by atomic mass is 32.1. The van der Waals surface area contributed by atoms with Crippen LogP contribution in [0.1, 0.15) is 77.7 Å². The summed E-state index contributed by atoms with van der Waals surface area (Å²) in [4.78, 5) is 29.1. The van der Waals surface area contributed by atoms with E-state index in [9.17, 15) is 9.59 Å². The maximum absolute atomic E-state index is 13.7. The van der Waals surface area contributed by atoms with E-state index in [2.05, 4.69) is 19.2 Å². The highest BCUT2D eigenvalue weighted by molar-refractivity contribution is 7.17. The zero-order valence-corrected chi connectivity index (χ0v) is 22.0.